The maximum absolute atomic E-state index is 11.8. The average molecular weight is 273 g/mol. The molecule has 4 heteroatoms. The molecule has 0 saturated carbocycles. The number of rotatable bonds is 5. The fourth-order valence-electron chi connectivity index (χ4n) is 1.54. The van der Waals surface area contributed by atoms with Crippen LogP contribution in [0.3, 0.4) is 0 Å². The zero-order chi connectivity index (χ0) is 13.5. The Balaban J connectivity index is 1.95. The van der Waals surface area contributed by atoms with Crippen LogP contribution in [0, 0.1) is 0 Å². The van der Waals surface area contributed by atoms with Crippen LogP contribution in [0.25, 0.3) is 0 Å². The van der Waals surface area contributed by atoms with Gasteiger partial charge in [0.05, 0.1) is 5.69 Å². The van der Waals surface area contributed by atoms with Crippen LogP contribution < -0.4 is 5.43 Å². The number of anilines is 1. The highest BCUT2D eigenvalue weighted by Crippen LogP contribution is 2.06. The van der Waals surface area contributed by atoms with Crippen molar-refractivity contribution in [2.24, 2.45) is 5.10 Å². The standard InChI is InChI=1S/C15H13ClN2O/c16-15(18-17-13-9-5-2-6-10-13)14(19)11-12-7-3-1-4-8-12/h1-10,17H,11H2/b18-15-. The maximum atomic E-state index is 11.8. The summed E-state index contributed by atoms with van der Waals surface area (Å²) in [6.07, 6.45) is 0.250. The van der Waals surface area contributed by atoms with Crippen molar-refractivity contribution in [1.82, 2.24) is 0 Å². The molecule has 2 aromatic rings. The lowest BCUT2D eigenvalue weighted by Crippen LogP contribution is -2.12. The van der Waals surface area contributed by atoms with Crippen molar-refractivity contribution in [3.05, 3.63) is 66.2 Å². The summed E-state index contributed by atoms with van der Waals surface area (Å²) >= 11 is 5.87. The molecule has 0 heterocycles. The summed E-state index contributed by atoms with van der Waals surface area (Å²) in [4.78, 5) is 11.8. The molecule has 0 aliphatic heterocycles. The van der Waals surface area contributed by atoms with E-state index in [1.54, 1.807) is 0 Å². The quantitative estimate of drug-likeness (QED) is 0.669. The van der Waals surface area contributed by atoms with Gasteiger partial charge in [-0.3, -0.25) is 10.2 Å². The minimum Gasteiger partial charge on any atom is -0.291 e. The summed E-state index contributed by atoms with van der Waals surface area (Å²) in [6, 6.07) is 18.8. The molecule has 1 N–H and O–H groups in total. The highest BCUT2D eigenvalue weighted by Gasteiger charge is 2.09. The lowest BCUT2D eigenvalue weighted by atomic mass is 10.1. The predicted octanol–water partition coefficient (Wildman–Crippen LogP) is 3.46. The van der Waals surface area contributed by atoms with Crippen molar-refractivity contribution in [3.8, 4) is 0 Å². The number of nitrogens with one attached hydrogen (secondary N) is 1. The van der Waals surface area contributed by atoms with Crippen LogP contribution in [0.4, 0.5) is 5.69 Å². The lowest BCUT2D eigenvalue weighted by Gasteiger charge is -2.01. The SMILES string of the molecule is O=C(Cc1ccccc1)/C(Cl)=N/Nc1ccccc1. The van der Waals surface area contributed by atoms with Gasteiger partial charge in [0.1, 0.15) is 0 Å². The van der Waals surface area contributed by atoms with Gasteiger partial charge in [0.25, 0.3) is 0 Å². The maximum Gasteiger partial charge on any atom is 0.198 e. The fraction of sp³-hybridized carbons (Fsp3) is 0.0667. The Morgan fingerprint density at radius 1 is 1.00 bits per heavy atom. The Morgan fingerprint density at radius 3 is 2.21 bits per heavy atom. The number of Topliss-reactive ketones (excluding diaryl/α,β-unsaturated/α-hetero) is 1. The van der Waals surface area contributed by atoms with Crippen molar-refractivity contribution >= 4 is 28.2 Å². The second-order valence-electron chi connectivity index (χ2n) is 3.97. The molecule has 0 aliphatic rings. The highest BCUT2D eigenvalue weighted by molar-refractivity contribution is 6.83. The number of carbonyl (C=O) groups excluding carboxylic acids is 1. The second kappa shape index (κ2) is 6.71. The molecule has 96 valence electrons. The van der Waals surface area contributed by atoms with Gasteiger partial charge in [-0.2, -0.15) is 5.10 Å². The van der Waals surface area contributed by atoms with E-state index in [1.165, 1.54) is 0 Å². The summed E-state index contributed by atoms with van der Waals surface area (Å²) in [5.74, 6) is -0.212. The van der Waals surface area contributed by atoms with Crippen molar-refractivity contribution in [2.75, 3.05) is 5.43 Å². The van der Waals surface area contributed by atoms with Gasteiger partial charge in [-0.25, -0.2) is 0 Å². The van der Waals surface area contributed by atoms with Crippen molar-refractivity contribution in [3.63, 3.8) is 0 Å². The third-order valence-electron chi connectivity index (χ3n) is 2.49. The van der Waals surface area contributed by atoms with Crippen LogP contribution in [-0.2, 0) is 11.2 Å². The molecule has 2 aromatic carbocycles. The van der Waals surface area contributed by atoms with E-state index in [-0.39, 0.29) is 17.4 Å². The molecule has 0 unspecified atom stereocenters. The van der Waals surface area contributed by atoms with Crippen LogP contribution in [0.2, 0.25) is 0 Å². The van der Waals surface area contributed by atoms with Gasteiger partial charge >= 0.3 is 0 Å². The molecule has 0 fully saturated rings. The number of hydrogen-bond acceptors (Lipinski definition) is 3. The summed E-state index contributed by atoms with van der Waals surface area (Å²) in [5.41, 5.74) is 4.45. The Labute approximate surface area is 116 Å². The first-order chi connectivity index (χ1) is 9.25. The number of para-hydroxylation sites is 1. The topological polar surface area (TPSA) is 41.5 Å². The molecule has 2 rings (SSSR count). The van der Waals surface area contributed by atoms with E-state index in [0.717, 1.165) is 11.3 Å². The minimum absolute atomic E-state index is 0.0484. The third kappa shape index (κ3) is 4.23. The van der Waals surface area contributed by atoms with Crippen molar-refractivity contribution in [2.45, 2.75) is 6.42 Å². The lowest BCUT2D eigenvalue weighted by molar-refractivity contribution is -0.112. The van der Waals surface area contributed by atoms with E-state index < -0.39 is 0 Å². The zero-order valence-electron chi connectivity index (χ0n) is 10.2. The summed E-state index contributed by atoms with van der Waals surface area (Å²) < 4.78 is 0. The second-order valence-corrected chi connectivity index (χ2v) is 4.32. The number of halogens is 1. The number of hydrazone groups is 1. The van der Waals surface area contributed by atoms with E-state index in [9.17, 15) is 4.79 Å². The zero-order valence-corrected chi connectivity index (χ0v) is 11.0. The van der Waals surface area contributed by atoms with Gasteiger partial charge in [0.2, 0.25) is 0 Å². The molecule has 0 aliphatic carbocycles. The van der Waals surface area contributed by atoms with E-state index >= 15 is 0 Å². The number of nitrogens with zero attached hydrogens (tertiary/aromatic N) is 1. The van der Waals surface area contributed by atoms with Gasteiger partial charge in [0, 0.05) is 6.42 Å². The Hall–Kier alpha value is -2.13. The monoisotopic (exact) mass is 272 g/mol. The largest absolute Gasteiger partial charge is 0.291 e. The van der Waals surface area contributed by atoms with Gasteiger partial charge in [-0.05, 0) is 17.7 Å². The van der Waals surface area contributed by atoms with Gasteiger partial charge < -0.3 is 0 Å². The molecule has 0 saturated heterocycles. The summed E-state index contributed by atoms with van der Waals surface area (Å²) in [6.45, 7) is 0. The van der Waals surface area contributed by atoms with Crippen LogP contribution in [0.5, 0.6) is 0 Å². The molecule has 0 spiro atoms. The summed E-state index contributed by atoms with van der Waals surface area (Å²) in [7, 11) is 0. The first kappa shape index (κ1) is 13.3. The van der Waals surface area contributed by atoms with Gasteiger partial charge in [0.15, 0.2) is 11.0 Å². The van der Waals surface area contributed by atoms with Crippen LogP contribution in [0.1, 0.15) is 5.56 Å². The Bertz CT molecular complexity index is 567. The first-order valence-electron chi connectivity index (χ1n) is 5.87. The predicted molar refractivity (Wildman–Crippen MR) is 78.5 cm³/mol. The smallest absolute Gasteiger partial charge is 0.198 e. The van der Waals surface area contributed by atoms with Crippen molar-refractivity contribution in [1.29, 1.82) is 0 Å². The van der Waals surface area contributed by atoms with Gasteiger partial charge in [-0.15, -0.1) is 0 Å². The minimum atomic E-state index is -0.212. The molecular formula is C15H13ClN2O. The Kier molecular flexibility index (Phi) is 4.70. The molecule has 0 amide bonds. The van der Waals surface area contributed by atoms with Crippen LogP contribution in [-0.4, -0.2) is 11.0 Å². The van der Waals surface area contributed by atoms with E-state index in [2.05, 4.69) is 10.5 Å². The Morgan fingerprint density at radius 2 is 1.58 bits per heavy atom. The van der Waals surface area contributed by atoms with Gasteiger partial charge in [-0.1, -0.05) is 60.1 Å². The molecule has 0 radical (unpaired) electrons. The number of hydrogen-bond donors (Lipinski definition) is 1. The van der Waals surface area contributed by atoms with E-state index in [4.69, 9.17) is 11.6 Å². The molecule has 0 aromatic heterocycles. The average Bonchev–Trinajstić information content (AvgIpc) is 2.47. The van der Waals surface area contributed by atoms with Crippen molar-refractivity contribution < 1.29 is 4.79 Å². The molecular weight excluding hydrogens is 260 g/mol. The molecule has 0 atom stereocenters. The molecule has 0 bridgehead atoms. The number of benzene rings is 2. The van der Waals surface area contributed by atoms with Crippen LogP contribution >= 0.6 is 11.6 Å². The molecule has 3 nitrogen and oxygen atoms in total. The summed E-state index contributed by atoms with van der Waals surface area (Å²) in [5, 5.41) is 3.82. The highest BCUT2D eigenvalue weighted by atomic mass is 35.5. The normalized spacial score (nSPS) is 11.1. The van der Waals surface area contributed by atoms with Crippen LogP contribution in [0.15, 0.2) is 65.8 Å². The first-order valence-corrected chi connectivity index (χ1v) is 6.25. The fourth-order valence-corrected chi connectivity index (χ4v) is 1.65. The number of ketones is 1. The van der Waals surface area contributed by atoms with E-state index in [1.807, 2.05) is 60.7 Å². The van der Waals surface area contributed by atoms with E-state index in [0.29, 0.717) is 0 Å². The molecule has 19 heavy (non-hydrogen) atoms. The third-order valence-corrected chi connectivity index (χ3v) is 2.79. The number of carbonyl (C=O) groups is 1.